The van der Waals surface area contributed by atoms with E-state index in [1.165, 1.54) is 42.7 Å². The van der Waals surface area contributed by atoms with E-state index in [4.69, 9.17) is 0 Å². The quantitative estimate of drug-likeness (QED) is 0.403. The first-order chi connectivity index (χ1) is 12.0. The van der Waals surface area contributed by atoms with Gasteiger partial charge in [-0.05, 0) is 24.6 Å². The van der Waals surface area contributed by atoms with Gasteiger partial charge < -0.3 is 4.57 Å². The molecule has 1 aromatic heterocycles. The lowest BCUT2D eigenvalue weighted by Crippen LogP contribution is -2.11. The van der Waals surface area contributed by atoms with Gasteiger partial charge in [0.05, 0.1) is 28.1 Å². The standard InChI is InChI=1S/C18H14FN3O3/c1-2-12-10-20-11-21(12)17-8-7-13(22(24)25)9-15(17)18(23)14-5-3-4-6-16(14)19/h3-11H,2H2,1H3. The molecule has 1 heterocycles. The Morgan fingerprint density at radius 2 is 2.00 bits per heavy atom. The maximum atomic E-state index is 14.0. The Kier molecular flexibility index (Phi) is 4.38. The highest BCUT2D eigenvalue weighted by atomic mass is 19.1. The molecule has 6 nitrogen and oxygen atoms in total. The molecule has 0 atom stereocenters. The Bertz CT molecular complexity index is 966. The van der Waals surface area contributed by atoms with Crippen molar-refractivity contribution in [1.29, 1.82) is 0 Å². The molecule has 3 aromatic rings. The molecule has 0 N–H and O–H groups in total. The van der Waals surface area contributed by atoms with E-state index in [-0.39, 0.29) is 16.8 Å². The van der Waals surface area contributed by atoms with Crippen molar-refractivity contribution in [3.63, 3.8) is 0 Å². The number of halogens is 1. The van der Waals surface area contributed by atoms with Gasteiger partial charge in [-0.15, -0.1) is 0 Å². The van der Waals surface area contributed by atoms with Crippen LogP contribution in [0.1, 0.15) is 28.5 Å². The highest BCUT2D eigenvalue weighted by Gasteiger charge is 2.22. The average Bonchev–Trinajstić information content (AvgIpc) is 3.09. The van der Waals surface area contributed by atoms with Gasteiger partial charge in [-0.3, -0.25) is 14.9 Å². The van der Waals surface area contributed by atoms with E-state index in [2.05, 4.69) is 4.98 Å². The maximum absolute atomic E-state index is 14.0. The number of nitro benzene ring substituents is 1. The number of carbonyl (C=O) groups excluding carboxylic acids is 1. The molecule has 0 saturated heterocycles. The second-order valence-electron chi connectivity index (χ2n) is 5.38. The fraction of sp³-hybridized carbons (Fsp3) is 0.111. The van der Waals surface area contributed by atoms with Gasteiger partial charge in [-0.2, -0.15) is 0 Å². The van der Waals surface area contributed by atoms with Gasteiger partial charge in [-0.25, -0.2) is 9.37 Å². The summed E-state index contributed by atoms with van der Waals surface area (Å²) in [7, 11) is 0. The lowest BCUT2D eigenvalue weighted by molar-refractivity contribution is -0.384. The van der Waals surface area contributed by atoms with Crippen LogP contribution in [-0.4, -0.2) is 20.3 Å². The van der Waals surface area contributed by atoms with Crippen LogP contribution in [0.15, 0.2) is 55.0 Å². The smallest absolute Gasteiger partial charge is 0.270 e. The molecule has 2 aromatic carbocycles. The number of aromatic nitrogens is 2. The number of benzene rings is 2. The summed E-state index contributed by atoms with van der Waals surface area (Å²) in [4.78, 5) is 27.4. The lowest BCUT2D eigenvalue weighted by Gasteiger charge is -2.12. The normalized spacial score (nSPS) is 10.6. The number of carbonyl (C=O) groups is 1. The van der Waals surface area contributed by atoms with Crippen molar-refractivity contribution in [1.82, 2.24) is 9.55 Å². The fourth-order valence-corrected chi connectivity index (χ4v) is 2.62. The van der Waals surface area contributed by atoms with Gasteiger partial charge in [0.1, 0.15) is 5.82 Å². The number of nitro groups is 1. The maximum Gasteiger partial charge on any atom is 0.270 e. The second-order valence-corrected chi connectivity index (χ2v) is 5.38. The zero-order chi connectivity index (χ0) is 18.0. The van der Waals surface area contributed by atoms with Crippen molar-refractivity contribution in [2.24, 2.45) is 0 Å². The summed E-state index contributed by atoms with van der Waals surface area (Å²) in [5, 5.41) is 11.1. The molecule has 0 saturated carbocycles. The summed E-state index contributed by atoms with van der Waals surface area (Å²) in [6.45, 7) is 1.93. The van der Waals surface area contributed by atoms with Gasteiger partial charge in [-0.1, -0.05) is 19.1 Å². The summed E-state index contributed by atoms with van der Waals surface area (Å²) in [5.41, 5.74) is 0.931. The van der Waals surface area contributed by atoms with Crippen LogP contribution in [0.5, 0.6) is 0 Å². The minimum Gasteiger partial charge on any atom is -0.303 e. The van der Waals surface area contributed by atoms with E-state index in [0.717, 1.165) is 5.69 Å². The number of imidazole rings is 1. The first-order valence-corrected chi connectivity index (χ1v) is 7.62. The molecule has 0 bridgehead atoms. The largest absolute Gasteiger partial charge is 0.303 e. The molecule has 3 rings (SSSR count). The third kappa shape index (κ3) is 3.03. The summed E-state index contributed by atoms with van der Waals surface area (Å²) in [6.07, 6.45) is 3.83. The first-order valence-electron chi connectivity index (χ1n) is 7.62. The van der Waals surface area contributed by atoms with Gasteiger partial charge in [0, 0.05) is 24.0 Å². The molecule has 0 unspecified atom stereocenters. The lowest BCUT2D eigenvalue weighted by atomic mass is 10.00. The number of non-ortho nitro benzene ring substituents is 1. The van der Waals surface area contributed by atoms with E-state index >= 15 is 0 Å². The first kappa shape index (κ1) is 16.5. The van der Waals surface area contributed by atoms with Crippen LogP contribution in [0.4, 0.5) is 10.1 Å². The third-order valence-corrected chi connectivity index (χ3v) is 3.89. The summed E-state index contributed by atoms with van der Waals surface area (Å²) in [5.74, 6) is -1.29. The topological polar surface area (TPSA) is 78.0 Å². The molecule has 0 radical (unpaired) electrons. The zero-order valence-corrected chi connectivity index (χ0v) is 13.3. The van der Waals surface area contributed by atoms with E-state index < -0.39 is 16.5 Å². The van der Waals surface area contributed by atoms with Crippen molar-refractivity contribution in [3.05, 3.63) is 87.7 Å². The molecule has 0 aliphatic heterocycles. The molecule has 7 heteroatoms. The number of aryl methyl sites for hydroxylation is 1. The second kappa shape index (κ2) is 6.64. The number of ketones is 1. The zero-order valence-electron chi connectivity index (χ0n) is 13.3. The molecule has 0 spiro atoms. The van der Waals surface area contributed by atoms with Gasteiger partial charge in [0.2, 0.25) is 0 Å². The van der Waals surface area contributed by atoms with E-state index in [1.807, 2.05) is 6.92 Å². The average molecular weight is 339 g/mol. The molecule has 0 amide bonds. The molecule has 0 fully saturated rings. The molecule has 0 aliphatic carbocycles. The number of nitrogens with zero attached hydrogens (tertiary/aromatic N) is 3. The van der Waals surface area contributed by atoms with Gasteiger partial charge in [0.15, 0.2) is 5.78 Å². The Balaban J connectivity index is 2.22. The Morgan fingerprint density at radius 1 is 1.24 bits per heavy atom. The van der Waals surface area contributed by atoms with Crippen molar-refractivity contribution >= 4 is 11.5 Å². The molecule has 126 valence electrons. The van der Waals surface area contributed by atoms with E-state index in [9.17, 15) is 19.3 Å². The summed E-state index contributed by atoms with van der Waals surface area (Å²) in [6, 6.07) is 9.52. The van der Waals surface area contributed by atoms with Crippen LogP contribution >= 0.6 is 0 Å². The van der Waals surface area contributed by atoms with Crippen LogP contribution in [0.3, 0.4) is 0 Å². The third-order valence-electron chi connectivity index (χ3n) is 3.89. The number of rotatable bonds is 5. The Hall–Kier alpha value is -3.35. The van der Waals surface area contributed by atoms with Crippen LogP contribution < -0.4 is 0 Å². The molecule has 25 heavy (non-hydrogen) atoms. The predicted molar refractivity (Wildman–Crippen MR) is 89.4 cm³/mol. The Morgan fingerprint density at radius 3 is 2.68 bits per heavy atom. The molecule has 0 aliphatic rings. The number of hydrogen-bond donors (Lipinski definition) is 0. The van der Waals surface area contributed by atoms with Crippen molar-refractivity contribution in [2.45, 2.75) is 13.3 Å². The highest BCUT2D eigenvalue weighted by Crippen LogP contribution is 2.26. The van der Waals surface area contributed by atoms with Gasteiger partial charge >= 0.3 is 0 Å². The highest BCUT2D eigenvalue weighted by molar-refractivity contribution is 6.11. The summed E-state index contributed by atoms with van der Waals surface area (Å²) < 4.78 is 15.7. The van der Waals surface area contributed by atoms with E-state index in [1.54, 1.807) is 16.8 Å². The minimum absolute atomic E-state index is 0.0481. The van der Waals surface area contributed by atoms with E-state index in [0.29, 0.717) is 12.1 Å². The molecular weight excluding hydrogens is 325 g/mol. The minimum atomic E-state index is -0.675. The molecular formula is C18H14FN3O3. The van der Waals surface area contributed by atoms with Crippen LogP contribution in [0, 0.1) is 15.9 Å². The van der Waals surface area contributed by atoms with Crippen LogP contribution in [0.2, 0.25) is 0 Å². The van der Waals surface area contributed by atoms with Crippen LogP contribution in [0.25, 0.3) is 5.69 Å². The number of hydrogen-bond acceptors (Lipinski definition) is 4. The summed E-state index contributed by atoms with van der Waals surface area (Å²) >= 11 is 0. The van der Waals surface area contributed by atoms with Gasteiger partial charge in [0.25, 0.3) is 5.69 Å². The van der Waals surface area contributed by atoms with Crippen molar-refractivity contribution < 1.29 is 14.1 Å². The SMILES string of the molecule is CCc1cncn1-c1ccc([N+](=O)[O-])cc1C(=O)c1ccccc1F. The van der Waals surface area contributed by atoms with Crippen molar-refractivity contribution in [2.75, 3.05) is 0 Å². The predicted octanol–water partition coefficient (Wildman–Crippen LogP) is 3.71. The Labute approximate surface area is 142 Å². The van der Waals surface area contributed by atoms with Crippen LogP contribution in [-0.2, 0) is 6.42 Å². The van der Waals surface area contributed by atoms with Crippen molar-refractivity contribution in [3.8, 4) is 5.69 Å². The monoisotopic (exact) mass is 339 g/mol. The fourth-order valence-electron chi connectivity index (χ4n) is 2.62.